The largest absolute Gasteiger partial charge is 0.478 e. The van der Waals surface area contributed by atoms with Crippen molar-refractivity contribution >= 4 is 29.2 Å². The van der Waals surface area contributed by atoms with Crippen LogP contribution >= 0.6 is 11.6 Å². The summed E-state index contributed by atoms with van der Waals surface area (Å²) in [6.45, 7) is 0.308. The number of hydrogen-bond acceptors (Lipinski definition) is 4. The Morgan fingerprint density at radius 2 is 2.10 bits per heavy atom. The normalized spacial score (nSPS) is 10.2. The number of carbonyl (C=O) groups excluding carboxylic acids is 1. The van der Waals surface area contributed by atoms with E-state index in [9.17, 15) is 14.7 Å². The molecule has 7 heteroatoms. The molecule has 0 saturated carbocycles. The fraction of sp³-hybridized carbons (Fsp3) is 0.143. The maximum atomic E-state index is 11.6. The van der Waals surface area contributed by atoms with Crippen LogP contribution in [-0.4, -0.2) is 24.0 Å². The van der Waals surface area contributed by atoms with Crippen LogP contribution < -0.4 is 10.6 Å². The number of rotatable bonds is 5. The van der Waals surface area contributed by atoms with Crippen LogP contribution in [0.3, 0.4) is 0 Å². The number of amides is 1. The van der Waals surface area contributed by atoms with E-state index in [0.717, 1.165) is 0 Å². The molecule has 0 saturated heterocycles. The van der Waals surface area contributed by atoms with Gasteiger partial charge < -0.3 is 20.2 Å². The summed E-state index contributed by atoms with van der Waals surface area (Å²) >= 11 is 6.02. The Morgan fingerprint density at radius 3 is 2.67 bits per heavy atom. The molecule has 110 valence electrons. The lowest BCUT2D eigenvalue weighted by Crippen LogP contribution is -2.19. The molecule has 1 aromatic heterocycles. The molecule has 2 aromatic rings. The van der Waals surface area contributed by atoms with E-state index in [2.05, 4.69) is 10.6 Å². The van der Waals surface area contributed by atoms with Crippen LogP contribution in [0.15, 0.2) is 34.9 Å². The summed E-state index contributed by atoms with van der Waals surface area (Å²) in [6.07, 6.45) is 1.52. The highest BCUT2D eigenvalue weighted by Gasteiger charge is 2.17. The smallest absolute Gasteiger partial charge is 0.337 e. The number of nitrogens with one attached hydrogen (secondary N) is 2. The summed E-state index contributed by atoms with van der Waals surface area (Å²) < 4.78 is 5.16. The maximum Gasteiger partial charge on any atom is 0.337 e. The minimum Gasteiger partial charge on any atom is -0.478 e. The second kappa shape index (κ2) is 6.32. The Kier molecular flexibility index (Phi) is 4.49. The lowest BCUT2D eigenvalue weighted by atomic mass is 10.1. The second-order valence-electron chi connectivity index (χ2n) is 4.19. The molecule has 1 aromatic carbocycles. The molecule has 1 heterocycles. The predicted molar refractivity (Wildman–Crippen MR) is 77.8 cm³/mol. The Labute approximate surface area is 125 Å². The molecule has 6 nitrogen and oxygen atoms in total. The molecule has 0 aliphatic rings. The standard InChI is InChI=1S/C14H13ClN2O4/c1-16-13(18)9-5-10(14(19)20)12(6-11(9)15)17-7-8-3-2-4-21-8/h2-6,17H,7H2,1H3,(H,16,18)(H,19,20). The molecule has 0 unspecified atom stereocenters. The number of halogens is 1. The first-order valence-corrected chi connectivity index (χ1v) is 6.46. The van der Waals surface area contributed by atoms with Crippen LogP contribution in [0, 0.1) is 0 Å². The molecular formula is C14H13ClN2O4. The molecule has 0 spiro atoms. The van der Waals surface area contributed by atoms with Gasteiger partial charge in [-0.05, 0) is 24.3 Å². The van der Waals surface area contributed by atoms with Crippen molar-refractivity contribution in [3.8, 4) is 0 Å². The fourth-order valence-corrected chi connectivity index (χ4v) is 2.05. The zero-order valence-corrected chi connectivity index (χ0v) is 11.9. The zero-order chi connectivity index (χ0) is 15.4. The first-order valence-electron chi connectivity index (χ1n) is 6.08. The van der Waals surface area contributed by atoms with Gasteiger partial charge in [0.25, 0.3) is 5.91 Å². The van der Waals surface area contributed by atoms with E-state index in [-0.39, 0.29) is 16.1 Å². The summed E-state index contributed by atoms with van der Waals surface area (Å²) in [4.78, 5) is 23.0. The summed E-state index contributed by atoms with van der Waals surface area (Å²) in [5.74, 6) is -0.948. The van der Waals surface area contributed by atoms with Gasteiger partial charge in [0.1, 0.15) is 5.76 Å². The first-order chi connectivity index (χ1) is 10.0. The number of carboxylic acids is 1. The zero-order valence-electron chi connectivity index (χ0n) is 11.1. The highest BCUT2D eigenvalue weighted by molar-refractivity contribution is 6.34. The van der Waals surface area contributed by atoms with E-state index in [1.165, 1.54) is 25.4 Å². The van der Waals surface area contributed by atoms with Crippen LogP contribution in [0.25, 0.3) is 0 Å². The van der Waals surface area contributed by atoms with Crippen molar-refractivity contribution in [2.75, 3.05) is 12.4 Å². The minimum atomic E-state index is -1.15. The molecule has 0 radical (unpaired) electrons. The summed E-state index contributed by atoms with van der Waals surface area (Å²) in [5, 5.41) is 14.8. The van der Waals surface area contributed by atoms with Crippen molar-refractivity contribution in [2.45, 2.75) is 6.54 Å². The Bertz CT molecular complexity index is 668. The van der Waals surface area contributed by atoms with Gasteiger partial charge in [0.15, 0.2) is 0 Å². The van der Waals surface area contributed by atoms with Crippen molar-refractivity contribution in [1.29, 1.82) is 0 Å². The summed E-state index contributed by atoms with van der Waals surface area (Å²) in [6, 6.07) is 6.15. The quantitative estimate of drug-likeness (QED) is 0.789. The van der Waals surface area contributed by atoms with E-state index in [1.807, 2.05) is 0 Å². The molecule has 0 atom stereocenters. The van der Waals surface area contributed by atoms with Crippen molar-refractivity contribution in [3.05, 3.63) is 52.4 Å². The molecule has 3 N–H and O–H groups in total. The topological polar surface area (TPSA) is 91.6 Å². The van der Waals surface area contributed by atoms with Crippen LogP contribution in [0.1, 0.15) is 26.5 Å². The van der Waals surface area contributed by atoms with Gasteiger partial charge in [-0.3, -0.25) is 4.79 Å². The van der Waals surface area contributed by atoms with Gasteiger partial charge in [0.2, 0.25) is 0 Å². The number of carboxylic acid groups (broad SMARTS) is 1. The molecule has 0 aliphatic heterocycles. The van der Waals surface area contributed by atoms with E-state index < -0.39 is 11.9 Å². The van der Waals surface area contributed by atoms with E-state index in [4.69, 9.17) is 16.0 Å². The van der Waals surface area contributed by atoms with Crippen LogP contribution in [-0.2, 0) is 6.54 Å². The lowest BCUT2D eigenvalue weighted by molar-refractivity contribution is 0.0698. The number of furan rings is 1. The molecule has 0 bridgehead atoms. The highest BCUT2D eigenvalue weighted by Crippen LogP contribution is 2.26. The molecular weight excluding hydrogens is 296 g/mol. The number of carbonyl (C=O) groups is 2. The van der Waals surface area contributed by atoms with Crippen molar-refractivity contribution < 1.29 is 19.1 Å². The third kappa shape index (κ3) is 3.35. The van der Waals surface area contributed by atoms with Crippen molar-refractivity contribution in [2.24, 2.45) is 0 Å². The van der Waals surface area contributed by atoms with E-state index in [0.29, 0.717) is 18.0 Å². The average molecular weight is 309 g/mol. The maximum absolute atomic E-state index is 11.6. The average Bonchev–Trinajstić information content (AvgIpc) is 2.97. The fourth-order valence-electron chi connectivity index (χ4n) is 1.80. The Morgan fingerprint density at radius 1 is 1.33 bits per heavy atom. The molecule has 0 aliphatic carbocycles. The van der Waals surface area contributed by atoms with E-state index in [1.54, 1.807) is 12.1 Å². The Hall–Kier alpha value is -2.47. The number of benzene rings is 1. The first kappa shape index (κ1) is 14.9. The van der Waals surface area contributed by atoms with Gasteiger partial charge in [0, 0.05) is 7.05 Å². The summed E-state index contributed by atoms with van der Waals surface area (Å²) in [7, 11) is 1.45. The van der Waals surface area contributed by atoms with Gasteiger partial charge in [0.05, 0.1) is 34.6 Å². The third-order valence-corrected chi connectivity index (χ3v) is 3.16. The monoisotopic (exact) mass is 308 g/mol. The minimum absolute atomic E-state index is 0.0374. The van der Waals surface area contributed by atoms with Gasteiger partial charge in [-0.1, -0.05) is 11.6 Å². The van der Waals surface area contributed by atoms with Crippen LogP contribution in [0.5, 0.6) is 0 Å². The SMILES string of the molecule is CNC(=O)c1cc(C(=O)O)c(NCc2ccco2)cc1Cl. The van der Waals surface area contributed by atoms with Gasteiger partial charge in [-0.15, -0.1) is 0 Å². The number of aromatic carboxylic acids is 1. The van der Waals surface area contributed by atoms with Crippen molar-refractivity contribution in [3.63, 3.8) is 0 Å². The molecule has 21 heavy (non-hydrogen) atoms. The van der Waals surface area contributed by atoms with Crippen LogP contribution in [0.2, 0.25) is 5.02 Å². The third-order valence-electron chi connectivity index (χ3n) is 2.84. The van der Waals surface area contributed by atoms with Crippen LogP contribution in [0.4, 0.5) is 5.69 Å². The Balaban J connectivity index is 2.33. The second-order valence-corrected chi connectivity index (χ2v) is 4.60. The molecule has 1 amide bonds. The van der Waals surface area contributed by atoms with Gasteiger partial charge in [-0.2, -0.15) is 0 Å². The predicted octanol–water partition coefficient (Wildman–Crippen LogP) is 2.60. The lowest BCUT2D eigenvalue weighted by Gasteiger charge is -2.12. The van der Waals surface area contributed by atoms with E-state index >= 15 is 0 Å². The number of anilines is 1. The van der Waals surface area contributed by atoms with Gasteiger partial charge in [-0.25, -0.2) is 4.79 Å². The van der Waals surface area contributed by atoms with Gasteiger partial charge >= 0.3 is 5.97 Å². The number of hydrogen-bond donors (Lipinski definition) is 3. The summed E-state index contributed by atoms with van der Waals surface area (Å²) in [5.41, 5.74) is 0.390. The van der Waals surface area contributed by atoms with Crippen molar-refractivity contribution in [1.82, 2.24) is 5.32 Å². The molecule has 0 fully saturated rings. The molecule has 2 rings (SSSR count). The highest BCUT2D eigenvalue weighted by atomic mass is 35.5.